The van der Waals surface area contributed by atoms with Gasteiger partial charge in [0.1, 0.15) is 0 Å². The zero-order valence-corrected chi connectivity index (χ0v) is 10.5. The largest absolute Gasteiger partial charge is 0.349 e. The standard InChI is InChI=1S/C12H15BrN2O/c13-9-3-1-8(2-4-9)12(16)15-11-6-5-10(14)7-11/h1-4,10-11H,5-7,14H2,(H,15,16). The maximum Gasteiger partial charge on any atom is 0.251 e. The average molecular weight is 283 g/mol. The molecule has 0 heterocycles. The molecule has 2 atom stereocenters. The first-order valence-corrected chi connectivity index (χ1v) is 6.26. The molecule has 1 aromatic rings. The lowest BCUT2D eigenvalue weighted by Gasteiger charge is -2.12. The molecule has 1 aliphatic carbocycles. The number of amides is 1. The van der Waals surface area contributed by atoms with Crippen molar-refractivity contribution in [1.82, 2.24) is 5.32 Å². The fourth-order valence-corrected chi connectivity index (χ4v) is 2.28. The van der Waals surface area contributed by atoms with Gasteiger partial charge in [0.25, 0.3) is 5.91 Å². The Morgan fingerprint density at radius 3 is 2.56 bits per heavy atom. The first kappa shape index (κ1) is 11.6. The van der Waals surface area contributed by atoms with Gasteiger partial charge in [0.15, 0.2) is 0 Å². The molecular formula is C12H15BrN2O. The van der Waals surface area contributed by atoms with Crippen LogP contribution in [0.5, 0.6) is 0 Å². The Labute approximate surface area is 104 Å². The Balaban J connectivity index is 1.95. The molecule has 2 unspecified atom stereocenters. The van der Waals surface area contributed by atoms with Gasteiger partial charge in [0.2, 0.25) is 0 Å². The maximum absolute atomic E-state index is 11.9. The maximum atomic E-state index is 11.9. The predicted molar refractivity (Wildman–Crippen MR) is 67.2 cm³/mol. The summed E-state index contributed by atoms with van der Waals surface area (Å²) in [5, 5.41) is 3.01. The summed E-state index contributed by atoms with van der Waals surface area (Å²) >= 11 is 3.34. The molecule has 16 heavy (non-hydrogen) atoms. The van der Waals surface area contributed by atoms with Crippen molar-refractivity contribution in [2.24, 2.45) is 5.73 Å². The lowest BCUT2D eigenvalue weighted by atomic mass is 10.2. The minimum Gasteiger partial charge on any atom is -0.349 e. The van der Waals surface area contributed by atoms with Crippen molar-refractivity contribution in [3.05, 3.63) is 34.3 Å². The van der Waals surface area contributed by atoms with E-state index in [0.29, 0.717) is 5.56 Å². The summed E-state index contributed by atoms with van der Waals surface area (Å²) < 4.78 is 0.979. The number of hydrogen-bond acceptors (Lipinski definition) is 2. The van der Waals surface area contributed by atoms with E-state index in [0.717, 1.165) is 23.7 Å². The molecule has 0 bridgehead atoms. The predicted octanol–water partition coefficient (Wildman–Crippen LogP) is 2.06. The van der Waals surface area contributed by atoms with Gasteiger partial charge in [-0.1, -0.05) is 15.9 Å². The molecule has 1 aliphatic rings. The van der Waals surface area contributed by atoms with E-state index in [-0.39, 0.29) is 18.0 Å². The van der Waals surface area contributed by atoms with E-state index in [2.05, 4.69) is 21.2 Å². The molecule has 0 radical (unpaired) electrons. The van der Waals surface area contributed by atoms with Crippen molar-refractivity contribution >= 4 is 21.8 Å². The van der Waals surface area contributed by atoms with Gasteiger partial charge in [-0.05, 0) is 43.5 Å². The normalized spacial score (nSPS) is 24.4. The van der Waals surface area contributed by atoms with Gasteiger partial charge >= 0.3 is 0 Å². The second kappa shape index (κ2) is 4.97. The Hall–Kier alpha value is -0.870. The van der Waals surface area contributed by atoms with Crippen LogP contribution in [0.25, 0.3) is 0 Å². The van der Waals surface area contributed by atoms with Crippen LogP contribution in [-0.4, -0.2) is 18.0 Å². The molecule has 0 saturated heterocycles. The average Bonchev–Trinajstić information content (AvgIpc) is 2.65. The van der Waals surface area contributed by atoms with E-state index in [1.54, 1.807) is 0 Å². The smallest absolute Gasteiger partial charge is 0.251 e. The van der Waals surface area contributed by atoms with Crippen LogP contribution in [0.4, 0.5) is 0 Å². The van der Waals surface area contributed by atoms with E-state index in [4.69, 9.17) is 5.73 Å². The molecule has 0 aromatic heterocycles. The highest BCUT2D eigenvalue weighted by Gasteiger charge is 2.23. The number of nitrogens with two attached hydrogens (primary N) is 1. The van der Waals surface area contributed by atoms with Gasteiger partial charge < -0.3 is 11.1 Å². The van der Waals surface area contributed by atoms with E-state index >= 15 is 0 Å². The van der Waals surface area contributed by atoms with E-state index in [1.807, 2.05) is 24.3 Å². The van der Waals surface area contributed by atoms with Gasteiger partial charge in [-0.3, -0.25) is 4.79 Å². The van der Waals surface area contributed by atoms with Crippen molar-refractivity contribution in [3.8, 4) is 0 Å². The highest BCUT2D eigenvalue weighted by atomic mass is 79.9. The number of carbonyl (C=O) groups excluding carboxylic acids is 1. The number of halogens is 1. The van der Waals surface area contributed by atoms with E-state index in [1.165, 1.54) is 0 Å². The highest BCUT2D eigenvalue weighted by molar-refractivity contribution is 9.10. The summed E-state index contributed by atoms with van der Waals surface area (Å²) in [4.78, 5) is 11.9. The van der Waals surface area contributed by atoms with Crippen molar-refractivity contribution in [2.75, 3.05) is 0 Å². The number of carbonyl (C=O) groups is 1. The van der Waals surface area contributed by atoms with Gasteiger partial charge in [-0.15, -0.1) is 0 Å². The molecule has 2 rings (SSSR count). The van der Waals surface area contributed by atoms with Crippen LogP contribution in [0.2, 0.25) is 0 Å². The van der Waals surface area contributed by atoms with Crippen LogP contribution < -0.4 is 11.1 Å². The highest BCUT2D eigenvalue weighted by Crippen LogP contribution is 2.18. The van der Waals surface area contributed by atoms with Gasteiger partial charge in [-0.2, -0.15) is 0 Å². The SMILES string of the molecule is NC1CCC(NC(=O)c2ccc(Br)cc2)C1. The zero-order chi connectivity index (χ0) is 11.5. The molecule has 1 fully saturated rings. The van der Waals surface area contributed by atoms with Crippen LogP contribution in [0, 0.1) is 0 Å². The van der Waals surface area contributed by atoms with Gasteiger partial charge in [-0.25, -0.2) is 0 Å². The van der Waals surface area contributed by atoms with Crippen LogP contribution >= 0.6 is 15.9 Å². The summed E-state index contributed by atoms with van der Waals surface area (Å²) in [7, 11) is 0. The summed E-state index contributed by atoms with van der Waals surface area (Å²) in [6.45, 7) is 0. The lowest BCUT2D eigenvalue weighted by Crippen LogP contribution is -2.33. The molecule has 1 amide bonds. The molecule has 4 heteroatoms. The second-order valence-corrected chi connectivity index (χ2v) is 5.17. The molecule has 1 aromatic carbocycles. The molecule has 86 valence electrons. The third kappa shape index (κ3) is 2.83. The number of nitrogens with one attached hydrogen (secondary N) is 1. The van der Waals surface area contributed by atoms with Crippen LogP contribution in [0.3, 0.4) is 0 Å². The van der Waals surface area contributed by atoms with Crippen molar-refractivity contribution in [1.29, 1.82) is 0 Å². The number of hydrogen-bond donors (Lipinski definition) is 2. The Morgan fingerprint density at radius 1 is 1.31 bits per heavy atom. The third-order valence-corrected chi connectivity index (χ3v) is 3.44. The minimum atomic E-state index is -0.00778. The fraction of sp³-hybridized carbons (Fsp3) is 0.417. The Morgan fingerprint density at radius 2 is 2.00 bits per heavy atom. The number of rotatable bonds is 2. The minimum absolute atomic E-state index is 0.00778. The Kier molecular flexibility index (Phi) is 3.61. The first-order chi connectivity index (χ1) is 7.65. The van der Waals surface area contributed by atoms with E-state index < -0.39 is 0 Å². The monoisotopic (exact) mass is 282 g/mol. The molecule has 0 aliphatic heterocycles. The molecule has 0 spiro atoms. The van der Waals surface area contributed by atoms with Gasteiger partial charge in [0.05, 0.1) is 0 Å². The van der Waals surface area contributed by atoms with Crippen molar-refractivity contribution < 1.29 is 4.79 Å². The second-order valence-electron chi connectivity index (χ2n) is 4.25. The summed E-state index contributed by atoms with van der Waals surface area (Å²) in [5.74, 6) is -0.00778. The van der Waals surface area contributed by atoms with Crippen LogP contribution in [0.15, 0.2) is 28.7 Å². The lowest BCUT2D eigenvalue weighted by molar-refractivity contribution is 0.0937. The summed E-state index contributed by atoms with van der Waals surface area (Å²) in [6, 6.07) is 7.86. The molecular weight excluding hydrogens is 268 g/mol. The summed E-state index contributed by atoms with van der Waals surface area (Å²) in [5.41, 5.74) is 6.50. The molecule has 1 saturated carbocycles. The summed E-state index contributed by atoms with van der Waals surface area (Å²) in [6.07, 6.45) is 2.89. The quantitative estimate of drug-likeness (QED) is 0.873. The third-order valence-electron chi connectivity index (χ3n) is 2.91. The van der Waals surface area contributed by atoms with Gasteiger partial charge in [0, 0.05) is 22.1 Å². The first-order valence-electron chi connectivity index (χ1n) is 5.47. The molecule has 3 N–H and O–H groups in total. The fourth-order valence-electron chi connectivity index (χ4n) is 2.02. The van der Waals surface area contributed by atoms with Crippen molar-refractivity contribution in [3.63, 3.8) is 0 Å². The van der Waals surface area contributed by atoms with Crippen LogP contribution in [0.1, 0.15) is 29.6 Å². The topological polar surface area (TPSA) is 55.1 Å². The Bertz CT molecular complexity index is 377. The zero-order valence-electron chi connectivity index (χ0n) is 8.95. The molecule has 3 nitrogen and oxygen atoms in total. The van der Waals surface area contributed by atoms with E-state index in [9.17, 15) is 4.79 Å². The van der Waals surface area contributed by atoms with Crippen LogP contribution in [-0.2, 0) is 0 Å². The number of benzene rings is 1. The van der Waals surface area contributed by atoms with Crippen molar-refractivity contribution in [2.45, 2.75) is 31.3 Å².